The van der Waals surface area contributed by atoms with Gasteiger partial charge in [-0.1, -0.05) is 52.6 Å². The molecule has 0 N–H and O–H groups in total. The number of hydrogen-bond acceptors (Lipinski definition) is 3. The second kappa shape index (κ2) is 5.48. The van der Waals surface area contributed by atoms with E-state index in [0.717, 1.165) is 29.4 Å². The summed E-state index contributed by atoms with van der Waals surface area (Å²) in [5.74, 6) is 0.258. The summed E-state index contributed by atoms with van der Waals surface area (Å²) in [5, 5.41) is 5.23. The lowest BCUT2D eigenvalue weighted by Crippen LogP contribution is -2.36. The van der Waals surface area contributed by atoms with Gasteiger partial charge in [-0.2, -0.15) is 0 Å². The van der Waals surface area contributed by atoms with Crippen LogP contribution in [0.3, 0.4) is 0 Å². The number of carbonyl (C=O) groups is 1. The molecule has 0 radical (unpaired) electrons. The van der Waals surface area contributed by atoms with Crippen LogP contribution in [0.15, 0.2) is 29.4 Å². The number of oxime groups is 1. The van der Waals surface area contributed by atoms with E-state index in [-0.39, 0.29) is 16.8 Å². The number of alkyl halides is 1. The van der Waals surface area contributed by atoms with Crippen molar-refractivity contribution in [3.05, 3.63) is 35.4 Å². The topological polar surface area (TPSA) is 38.7 Å². The first-order valence-electron chi connectivity index (χ1n) is 7.82. The van der Waals surface area contributed by atoms with Crippen LogP contribution in [0.25, 0.3) is 0 Å². The Balaban J connectivity index is 1.77. The molecule has 0 spiro atoms. The lowest BCUT2D eigenvalue weighted by Gasteiger charge is -2.36. The molecule has 0 aliphatic heterocycles. The molecule has 3 rings (SSSR count). The van der Waals surface area contributed by atoms with Crippen LogP contribution in [0, 0.1) is 23.7 Å². The monoisotopic (exact) mass is 363 g/mol. The van der Waals surface area contributed by atoms with Crippen molar-refractivity contribution in [2.24, 2.45) is 21.9 Å². The van der Waals surface area contributed by atoms with Gasteiger partial charge < -0.3 is 4.84 Å². The zero-order valence-corrected chi connectivity index (χ0v) is 14.9. The largest absolute Gasteiger partial charge is 0.365 e. The summed E-state index contributed by atoms with van der Waals surface area (Å²) in [6.07, 6.45) is 3.31. The van der Waals surface area contributed by atoms with Crippen molar-refractivity contribution in [2.75, 3.05) is 5.33 Å². The SMILES string of the molecule is Cc1ccc(C(=O)O/N=C2/C[C@H]3CC[C@@]2(C)[C@]3(C)CBr)cc1. The van der Waals surface area contributed by atoms with E-state index in [9.17, 15) is 4.79 Å². The number of rotatable bonds is 3. The van der Waals surface area contributed by atoms with Crippen LogP contribution in [-0.2, 0) is 4.84 Å². The maximum absolute atomic E-state index is 12.1. The molecule has 4 heteroatoms. The first kappa shape index (κ1) is 15.7. The van der Waals surface area contributed by atoms with Gasteiger partial charge in [-0.15, -0.1) is 0 Å². The van der Waals surface area contributed by atoms with Crippen LogP contribution in [0.4, 0.5) is 0 Å². The molecule has 2 bridgehead atoms. The summed E-state index contributed by atoms with van der Waals surface area (Å²) in [7, 11) is 0. The molecule has 2 fully saturated rings. The maximum atomic E-state index is 12.1. The van der Waals surface area contributed by atoms with Crippen LogP contribution in [0.5, 0.6) is 0 Å². The van der Waals surface area contributed by atoms with Crippen molar-refractivity contribution >= 4 is 27.6 Å². The average Bonchev–Trinajstić information content (AvgIpc) is 2.89. The number of fused-ring (bicyclic) bond motifs is 2. The highest BCUT2D eigenvalue weighted by Crippen LogP contribution is 2.64. The molecule has 0 amide bonds. The maximum Gasteiger partial charge on any atom is 0.365 e. The fourth-order valence-electron chi connectivity index (χ4n) is 4.01. The van der Waals surface area contributed by atoms with Crippen LogP contribution in [0.1, 0.15) is 49.0 Å². The van der Waals surface area contributed by atoms with E-state index >= 15 is 0 Å². The van der Waals surface area contributed by atoms with Crippen molar-refractivity contribution in [2.45, 2.75) is 40.0 Å². The summed E-state index contributed by atoms with van der Waals surface area (Å²) in [6.45, 7) is 6.58. The molecule has 2 aliphatic carbocycles. The molecule has 0 aromatic heterocycles. The van der Waals surface area contributed by atoms with Gasteiger partial charge in [0.2, 0.25) is 0 Å². The fourth-order valence-corrected chi connectivity index (χ4v) is 5.09. The zero-order chi connectivity index (χ0) is 16.0. The predicted octanol–water partition coefficient (Wildman–Crippen LogP) is 4.73. The average molecular weight is 364 g/mol. The normalized spacial score (nSPS) is 35.1. The van der Waals surface area contributed by atoms with Crippen molar-refractivity contribution in [3.63, 3.8) is 0 Å². The molecule has 22 heavy (non-hydrogen) atoms. The molecule has 2 saturated carbocycles. The minimum atomic E-state index is -0.376. The number of hydrogen-bond donors (Lipinski definition) is 0. The molecule has 0 saturated heterocycles. The second-order valence-corrected chi connectivity index (χ2v) is 7.67. The van der Waals surface area contributed by atoms with Gasteiger partial charge in [0.1, 0.15) is 0 Å². The number of halogens is 1. The van der Waals surface area contributed by atoms with Crippen molar-refractivity contribution in [1.29, 1.82) is 0 Å². The third-order valence-electron chi connectivity index (χ3n) is 6.03. The molecular formula is C18H22BrNO2. The highest BCUT2D eigenvalue weighted by atomic mass is 79.9. The number of nitrogens with zero attached hydrogens (tertiary/aromatic N) is 1. The molecule has 1 aromatic carbocycles. The van der Waals surface area contributed by atoms with Gasteiger partial charge in [-0.25, -0.2) is 4.79 Å². The molecule has 0 unspecified atom stereocenters. The minimum Gasteiger partial charge on any atom is -0.313 e. The summed E-state index contributed by atoms with van der Waals surface area (Å²) in [6, 6.07) is 7.38. The minimum absolute atomic E-state index is 0.0364. The summed E-state index contributed by atoms with van der Waals surface area (Å²) < 4.78 is 0. The highest BCUT2D eigenvalue weighted by Gasteiger charge is 2.62. The number of benzene rings is 1. The Kier molecular flexibility index (Phi) is 3.92. The fraction of sp³-hybridized carbons (Fsp3) is 0.556. The van der Waals surface area contributed by atoms with Crippen LogP contribution >= 0.6 is 15.9 Å². The van der Waals surface area contributed by atoms with Gasteiger partial charge in [-0.3, -0.25) is 0 Å². The Morgan fingerprint density at radius 2 is 2.05 bits per heavy atom. The quantitative estimate of drug-likeness (QED) is 0.442. The van der Waals surface area contributed by atoms with Gasteiger partial charge in [0.15, 0.2) is 0 Å². The lowest BCUT2D eigenvalue weighted by molar-refractivity contribution is 0.0508. The first-order valence-corrected chi connectivity index (χ1v) is 8.94. The molecule has 3 atom stereocenters. The Bertz CT molecular complexity index is 624. The van der Waals surface area contributed by atoms with E-state index in [2.05, 4.69) is 34.9 Å². The van der Waals surface area contributed by atoms with Crippen LogP contribution in [0.2, 0.25) is 0 Å². The van der Waals surface area contributed by atoms with Crippen LogP contribution in [-0.4, -0.2) is 17.0 Å². The van der Waals surface area contributed by atoms with E-state index < -0.39 is 0 Å². The summed E-state index contributed by atoms with van der Waals surface area (Å²) >= 11 is 3.68. The zero-order valence-electron chi connectivity index (χ0n) is 13.4. The molecule has 118 valence electrons. The Morgan fingerprint density at radius 3 is 2.64 bits per heavy atom. The summed E-state index contributed by atoms with van der Waals surface area (Å²) in [4.78, 5) is 17.4. The van der Waals surface area contributed by atoms with E-state index in [1.165, 1.54) is 6.42 Å². The van der Waals surface area contributed by atoms with Gasteiger partial charge in [-0.05, 0) is 49.7 Å². The molecule has 0 heterocycles. The van der Waals surface area contributed by atoms with Crippen molar-refractivity contribution in [3.8, 4) is 0 Å². The van der Waals surface area contributed by atoms with E-state index in [1.807, 2.05) is 19.1 Å². The standard InChI is InChI=1S/C18H22BrNO2/c1-12-4-6-13(7-5-12)16(21)22-20-15-10-14-8-9-17(15,2)18(14,3)11-19/h4-7,14H,8-11H2,1-3H3/b20-15-/t14-,17-,18-/m1/s1. The number of aryl methyl sites for hydroxylation is 1. The van der Waals surface area contributed by atoms with E-state index in [1.54, 1.807) is 12.1 Å². The van der Waals surface area contributed by atoms with Gasteiger partial charge in [0.25, 0.3) is 0 Å². The third kappa shape index (κ3) is 2.23. The van der Waals surface area contributed by atoms with Gasteiger partial charge in [0, 0.05) is 10.7 Å². The molecular weight excluding hydrogens is 342 g/mol. The third-order valence-corrected chi connectivity index (χ3v) is 7.20. The number of carbonyl (C=O) groups excluding carboxylic acids is 1. The van der Waals surface area contributed by atoms with E-state index in [0.29, 0.717) is 11.5 Å². The Labute approximate surface area is 140 Å². The van der Waals surface area contributed by atoms with E-state index in [4.69, 9.17) is 4.84 Å². The van der Waals surface area contributed by atoms with Gasteiger partial charge >= 0.3 is 5.97 Å². The van der Waals surface area contributed by atoms with Gasteiger partial charge in [0.05, 0.1) is 11.3 Å². The molecule has 1 aromatic rings. The Morgan fingerprint density at radius 1 is 1.36 bits per heavy atom. The molecule has 2 aliphatic rings. The van der Waals surface area contributed by atoms with Crippen molar-refractivity contribution in [1.82, 2.24) is 0 Å². The first-order chi connectivity index (χ1) is 10.4. The predicted molar refractivity (Wildman–Crippen MR) is 91.4 cm³/mol. The van der Waals surface area contributed by atoms with Crippen molar-refractivity contribution < 1.29 is 9.63 Å². The lowest BCUT2D eigenvalue weighted by atomic mass is 9.70. The summed E-state index contributed by atoms with van der Waals surface area (Å²) in [5.41, 5.74) is 2.96. The second-order valence-electron chi connectivity index (χ2n) is 7.11. The highest BCUT2D eigenvalue weighted by molar-refractivity contribution is 9.09. The molecule has 3 nitrogen and oxygen atoms in total. The van der Waals surface area contributed by atoms with Crippen LogP contribution < -0.4 is 0 Å². The Hall–Kier alpha value is -1.16. The smallest absolute Gasteiger partial charge is 0.313 e.